The standard InChI is InChI=1S/C15H21NO5/c1-3-4-8-20-12-6-5-7-13(9-12)21-10-14(17)16-11(2)15(18)19/h5-7,9,11H,3-4,8,10H2,1-2H3,(H,16,17)(H,18,19). The van der Waals surface area contributed by atoms with E-state index in [2.05, 4.69) is 12.2 Å². The van der Waals surface area contributed by atoms with Crippen LogP contribution in [0.25, 0.3) is 0 Å². The van der Waals surface area contributed by atoms with Crippen LogP contribution in [-0.4, -0.2) is 36.2 Å². The van der Waals surface area contributed by atoms with Gasteiger partial charge in [-0.1, -0.05) is 19.4 Å². The van der Waals surface area contributed by atoms with E-state index in [4.69, 9.17) is 14.6 Å². The SMILES string of the molecule is CCCCOc1cccc(OCC(=O)NC(C)C(=O)O)c1. The average Bonchev–Trinajstić information content (AvgIpc) is 2.46. The third-order valence-electron chi connectivity index (χ3n) is 2.69. The summed E-state index contributed by atoms with van der Waals surface area (Å²) < 4.78 is 10.8. The summed E-state index contributed by atoms with van der Waals surface area (Å²) in [5.74, 6) is -0.390. The number of unbranched alkanes of at least 4 members (excludes halogenated alkanes) is 1. The van der Waals surface area contributed by atoms with E-state index in [0.29, 0.717) is 18.1 Å². The van der Waals surface area contributed by atoms with Crippen molar-refractivity contribution in [2.24, 2.45) is 0 Å². The van der Waals surface area contributed by atoms with Gasteiger partial charge in [-0.2, -0.15) is 0 Å². The van der Waals surface area contributed by atoms with E-state index in [1.807, 2.05) is 6.07 Å². The summed E-state index contributed by atoms with van der Waals surface area (Å²) in [7, 11) is 0. The Labute approximate surface area is 124 Å². The molecule has 0 aromatic heterocycles. The minimum Gasteiger partial charge on any atom is -0.493 e. The number of rotatable bonds is 9. The van der Waals surface area contributed by atoms with Gasteiger partial charge in [-0.3, -0.25) is 9.59 Å². The summed E-state index contributed by atoms with van der Waals surface area (Å²) in [4.78, 5) is 22.1. The molecular weight excluding hydrogens is 274 g/mol. The molecule has 0 aliphatic heterocycles. The van der Waals surface area contributed by atoms with Crippen LogP contribution in [0.15, 0.2) is 24.3 Å². The zero-order valence-corrected chi connectivity index (χ0v) is 12.3. The number of hydrogen-bond acceptors (Lipinski definition) is 4. The Balaban J connectivity index is 2.42. The number of hydrogen-bond donors (Lipinski definition) is 2. The van der Waals surface area contributed by atoms with Crippen LogP contribution >= 0.6 is 0 Å². The molecule has 6 nitrogen and oxygen atoms in total. The predicted molar refractivity (Wildman–Crippen MR) is 77.6 cm³/mol. The maximum atomic E-state index is 11.5. The Morgan fingerprint density at radius 2 is 1.95 bits per heavy atom. The lowest BCUT2D eigenvalue weighted by Crippen LogP contribution is -2.40. The largest absolute Gasteiger partial charge is 0.493 e. The molecule has 0 bridgehead atoms. The first kappa shape index (κ1) is 16.8. The van der Waals surface area contributed by atoms with Crippen molar-refractivity contribution in [3.8, 4) is 11.5 Å². The van der Waals surface area contributed by atoms with Crippen LogP contribution < -0.4 is 14.8 Å². The summed E-state index contributed by atoms with van der Waals surface area (Å²) in [5, 5.41) is 11.0. The molecule has 1 rings (SSSR count). The number of carbonyl (C=O) groups is 2. The van der Waals surface area contributed by atoms with Gasteiger partial charge in [-0.25, -0.2) is 0 Å². The fourth-order valence-corrected chi connectivity index (χ4v) is 1.48. The zero-order chi connectivity index (χ0) is 15.7. The number of ether oxygens (including phenoxy) is 2. The number of nitrogens with one attached hydrogen (secondary N) is 1. The highest BCUT2D eigenvalue weighted by molar-refractivity contribution is 5.84. The van der Waals surface area contributed by atoms with Crippen molar-refractivity contribution in [2.75, 3.05) is 13.2 Å². The molecule has 0 spiro atoms. The first-order valence-corrected chi connectivity index (χ1v) is 6.90. The predicted octanol–water partition coefficient (Wildman–Crippen LogP) is 1.83. The van der Waals surface area contributed by atoms with Gasteiger partial charge in [-0.15, -0.1) is 0 Å². The highest BCUT2D eigenvalue weighted by Gasteiger charge is 2.14. The second-order valence-corrected chi connectivity index (χ2v) is 4.59. The van der Waals surface area contributed by atoms with Gasteiger partial charge in [0.05, 0.1) is 6.61 Å². The van der Waals surface area contributed by atoms with Gasteiger partial charge in [0.15, 0.2) is 6.61 Å². The monoisotopic (exact) mass is 295 g/mol. The fraction of sp³-hybridized carbons (Fsp3) is 0.467. The smallest absolute Gasteiger partial charge is 0.325 e. The molecule has 1 amide bonds. The first-order valence-electron chi connectivity index (χ1n) is 6.90. The van der Waals surface area contributed by atoms with Crippen molar-refractivity contribution >= 4 is 11.9 Å². The topological polar surface area (TPSA) is 84.9 Å². The third-order valence-corrected chi connectivity index (χ3v) is 2.69. The Bertz CT molecular complexity index is 475. The van der Waals surface area contributed by atoms with Crippen LogP contribution in [0.1, 0.15) is 26.7 Å². The minimum atomic E-state index is -1.09. The van der Waals surface area contributed by atoms with Crippen molar-refractivity contribution in [2.45, 2.75) is 32.7 Å². The van der Waals surface area contributed by atoms with Crippen molar-refractivity contribution < 1.29 is 24.2 Å². The van der Waals surface area contributed by atoms with Gasteiger partial charge in [0.2, 0.25) is 0 Å². The van der Waals surface area contributed by atoms with E-state index in [1.54, 1.807) is 18.2 Å². The van der Waals surface area contributed by atoms with Gasteiger partial charge < -0.3 is 19.9 Å². The normalized spacial score (nSPS) is 11.5. The van der Waals surface area contributed by atoms with E-state index in [9.17, 15) is 9.59 Å². The van der Waals surface area contributed by atoms with E-state index < -0.39 is 17.9 Å². The third kappa shape index (κ3) is 6.65. The van der Waals surface area contributed by atoms with Crippen LogP contribution in [0.2, 0.25) is 0 Å². The number of amides is 1. The lowest BCUT2D eigenvalue weighted by molar-refractivity contribution is -0.141. The second kappa shape index (κ2) is 8.84. The van der Waals surface area contributed by atoms with Gasteiger partial charge in [0.1, 0.15) is 17.5 Å². The Hall–Kier alpha value is -2.24. The molecule has 6 heteroatoms. The molecular formula is C15H21NO5. The Morgan fingerprint density at radius 1 is 1.29 bits per heavy atom. The van der Waals surface area contributed by atoms with Crippen molar-refractivity contribution in [1.29, 1.82) is 0 Å². The Morgan fingerprint density at radius 3 is 2.57 bits per heavy atom. The Kier molecular flexibility index (Phi) is 7.08. The average molecular weight is 295 g/mol. The van der Waals surface area contributed by atoms with E-state index in [1.165, 1.54) is 6.92 Å². The molecule has 1 aromatic rings. The van der Waals surface area contributed by atoms with E-state index in [-0.39, 0.29) is 6.61 Å². The molecule has 1 atom stereocenters. The van der Waals surface area contributed by atoms with Crippen molar-refractivity contribution in [3.05, 3.63) is 24.3 Å². The van der Waals surface area contributed by atoms with Crippen LogP contribution in [0.4, 0.5) is 0 Å². The summed E-state index contributed by atoms with van der Waals surface area (Å²) >= 11 is 0. The summed E-state index contributed by atoms with van der Waals surface area (Å²) in [5.41, 5.74) is 0. The molecule has 0 fully saturated rings. The maximum absolute atomic E-state index is 11.5. The number of carboxylic acid groups (broad SMARTS) is 1. The minimum absolute atomic E-state index is 0.240. The number of carbonyl (C=O) groups excluding carboxylic acids is 1. The quantitative estimate of drug-likeness (QED) is 0.679. The molecule has 116 valence electrons. The van der Waals surface area contributed by atoms with Crippen molar-refractivity contribution in [3.63, 3.8) is 0 Å². The molecule has 0 radical (unpaired) electrons. The molecule has 0 saturated heterocycles. The van der Waals surface area contributed by atoms with Crippen LogP contribution in [0, 0.1) is 0 Å². The zero-order valence-electron chi connectivity index (χ0n) is 12.3. The molecule has 0 aliphatic carbocycles. The molecule has 0 aliphatic rings. The van der Waals surface area contributed by atoms with E-state index >= 15 is 0 Å². The van der Waals surface area contributed by atoms with Crippen LogP contribution in [0.5, 0.6) is 11.5 Å². The summed E-state index contributed by atoms with van der Waals surface area (Å²) in [6.07, 6.45) is 2.03. The van der Waals surface area contributed by atoms with Crippen molar-refractivity contribution in [1.82, 2.24) is 5.32 Å². The lowest BCUT2D eigenvalue weighted by Gasteiger charge is -2.11. The maximum Gasteiger partial charge on any atom is 0.325 e. The van der Waals surface area contributed by atoms with Crippen LogP contribution in [0.3, 0.4) is 0 Å². The summed E-state index contributed by atoms with van der Waals surface area (Å²) in [6, 6.07) is 6.05. The van der Waals surface area contributed by atoms with Gasteiger partial charge in [-0.05, 0) is 25.5 Å². The van der Waals surface area contributed by atoms with Crippen LogP contribution in [-0.2, 0) is 9.59 Å². The number of benzene rings is 1. The highest BCUT2D eigenvalue weighted by atomic mass is 16.5. The van der Waals surface area contributed by atoms with Gasteiger partial charge >= 0.3 is 5.97 Å². The molecule has 2 N–H and O–H groups in total. The van der Waals surface area contributed by atoms with Gasteiger partial charge in [0.25, 0.3) is 5.91 Å². The first-order chi connectivity index (χ1) is 10.0. The second-order valence-electron chi connectivity index (χ2n) is 4.59. The molecule has 0 saturated carbocycles. The molecule has 1 aromatic carbocycles. The van der Waals surface area contributed by atoms with E-state index in [0.717, 1.165) is 12.8 Å². The van der Waals surface area contributed by atoms with Gasteiger partial charge in [0, 0.05) is 6.07 Å². The highest BCUT2D eigenvalue weighted by Crippen LogP contribution is 2.19. The fourth-order valence-electron chi connectivity index (χ4n) is 1.48. The molecule has 1 unspecified atom stereocenters. The molecule has 0 heterocycles. The summed E-state index contributed by atoms with van der Waals surface area (Å²) in [6.45, 7) is 3.87. The molecule has 21 heavy (non-hydrogen) atoms. The number of aliphatic carboxylic acids is 1. The lowest BCUT2D eigenvalue weighted by atomic mass is 10.3. The number of carboxylic acids is 1.